The smallest absolute Gasteiger partial charge is 0.267 e. The second kappa shape index (κ2) is 9.22. The molecule has 2 aliphatic heterocycles. The highest BCUT2D eigenvalue weighted by molar-refractivity contribution is 8.26. The van der Waals surface area contributed by atoms with Crippen molar-refractivity contribution in [3.63, 3.8) is 0 Å². The molecular formula is C25H30N4O2S2. The summed E-state index contributed by atoms with van der Waals surface area (Å²) >= 11 is 6.93. The third kappa shape index (κ3) is 4.35. The normalized spacial score (nSPS) is 22.2. The van der Waals surface area contributed by atoms with Gasteiger partial charge in [0.2, 0.25) is 0 Å². The second-order valence-corrected chi connectivity index (χ2v) is 11.3. The molecule has 0 unspecified atom stereocenters. The van der Waals surface area contributed by atoms with Crippen LogP contribution < -0.4 is 10.5 Å². The summed E-state index contributed by atoms with van der Waals surface area (Å²) < 4.78 is 2.20. The van der Waals surface area contributed by atoms with E-state index in [1.165, 1.54) is 18.2 Å². The summed E-state index contributed by atoms with van der Waals surface area (Å²) in [6, 6.07) is 4.04. The summed E-state index contributed by atoms with van der Waals surface area (Å²) in [4.78, 5) is 36.5. The lowest BCUT2D eigenvalue weighted by atomic mass is 9.94. The van der Waals surface area contributed by atoms with Crippen LogP contribution in [0.5, 0.6) is 0 Å². The molecule has 3 fully saturated rings. The van der Waals surface area contributed by atoms with Gasteiger partial charge in [-0.1, -0.05) is 56.2 Å². The summed E-state index contributed by atoms with van der Waals surface area (Å²) in [6.07, 6.45) is 11.2. The molecule has 1 saturated carbocycles. The fourth-order valence-electron chi connectivity index (χ4n) is 5.10. The Morgan fingerprint density at radius 3 is 2.55 bits per heavy atom. The number of carbonyl (C=O) groups excluding carboxylic acids is 1. The first-order valence-electron chi connectivity index (χ1n) is 12.0. The van der Waals surface area contributed by atoms with Crippen molar-refractivity contribution in [3.05, 3.63) is 44.7 Å². The molecule has 2 saturated heterocycles. The molecule has 8 heteroatoms. The minimum atomic E-state index is -0.139. The molecule has 5 rings (SSSR count). The van der Waals surface area contributed by atoms with Crippen molar-refractivity contribution in [1.29, 1.82) is 0 Å². The van der Waals surface area contributed by atoms with Gasteiger partial charge in [-0.3, -0.25) is 18.9 Å². The first kappa shape index (κ1) is 22.6. The van der Waals surface area contributed by atoms with Crippen LogP contribution in [-0.2, 0) is 4.79 Å². The molecule has 0 N–H and O–H groups in total. The molecule has 174 valence electrons. The molecular weight excluding hydrogens is 452 g/mol. The van der Waals surface area contributed by atoms with E-state index in [0.29, 0.717) is 32.2 Å². The number of rotatable bonds is 3. The Bertz CT molecular complexity index is 1190. The molecule has 1 amide bonds. The summed E-state index contributed by atoms with van der Waals surface area (Å²) in [6.45, 7) is 5.94. The van der Waals surface area contributed by atoms with Crippen LogP contribution in [0.3, 0.4) is 0 Å². The minimum Gasteiger partial charge on any atom is -0.356 e. The highest BCUT2D eigenvalue weighted by Crippen LogP contribution is 2.38. The van der Waals surface area contributed by atoms with Gasteiger partial charge in [0.05, 0.1) is 10.5 Å². The largest absolute Gasteiger partial charge is 0.356 e. The molecule has 6 nitrogen and oxygen atoms in total. The van der Waals surface area contributed by atoms with Crippen molar-refractivity contribution in [2.75, 3.05) is 18.0 Å². The van der Waals surface area contributed by atoms with E-state index in [-0.39, 0.29) is 17.5 Å². The number of aryl methyl sites for hydroxylation is 1. The maximum absolute atomic E-state index is 13.7. The number of amides is 1. The van der Waals surface area contributed by atoms with Crippen LogP contribution >= 0.6 is 24.0 Å². The molecule has 0 atom stereocenters. The molecule has 33 heavy (non-hydrogen) atoms. The van der Waals surface area contributed by atoms with Crippen LogP contribution in [0.25, 0.3) is 11.7 Å². The number of nitrogens with zero attached hydrogens (tertiary/aromatic N) is 4. The first-order chi connectivity index (χ1) is 15.9. The van der Waals surface area contributed by atoms with Gasteiger partial charge in [0, 0.05) is 25.3 Å². The molecule has 3 aliphatic rings. The Kier molecular flexibility index (Phi) is 6.31. The van der Waals surface area contributed by atoms with E-state index in [9.17, 15) is 9.59 Å². The molecule has 2 aromatic heterocycles. The lowest BCUT2D eigenvalue weighted by molar-refractivity contribution is -0.124. The lowest BCUT2D eigenvalue weighted by Gasteiger charge is -2.32. The van der Waals surface area contributed by atoms with Crippen LogP contribution in [-0.4, -0.2) is 43.6 Å². The lowest BCUT2D eigenvalue weighted by Crippen LogP contribution is -2.39. The summed E-state index contributed by atoms with van der Waals surface area (Å²) in [5.41, 5.74) is 1.96. The van der Waals surface area contributed by atoms with Crippen molar-refractivity contribution in [1.82, 2.24) is 14.3 Å². The number of fused-ring (bicyclic) bond motifs is 1. The van der Waals surface area contributed by atoms with Gasteiger partial charge in [-0.15, -0.1) is 0 Å². The van der Waals surface area contributed by atoms with Gasteiger partial charge in [0.15, 0.2) is 0 Å². The van der Waals surface area contributed by atoms with E-state index in [1.807, 2.05) is 25.3 Å². The molecule has 0 spiro atoms. The van der Waals surface area contributed by atoms with Crippen molar-refractivity contribution in [3.8, 4) is 0 Å². The van der Waals surface area contributed by atoms with E-state index >= 15 is 0 Å². The zero-order valence-electron chi connectivity index (χ0n) is 19.2. The number of anilines is 1. The van der Waals surface area contributed by atoms with Gasteiger partial charge in [-0.05, 0) is 56.2 Å². The zero-order valence-corrected chi connectivity index (χ0v) is 20.9. The molecule has 2 aromatic rings. The highest BCUT2D eigenvalue weighted by Gasteiger charge is 2.38. The minimum absolute atomic E-state index is 0.0659. The quantitative estimate of drug-likeness (QED) is 0.464. The summed E-state index contributed by atoms with van der Waals surface area (Å²) in [5, 5.41) is 0. The van der Waals surface area contributed by atoms with Crippen molar-refractivity contribution < 1.29 is 4.79 Å². The number of pyridine rings is 1. The highest BCUT2D eigenvalue weighted by atomic mass is 32.2. The summed E-state index contributed by atoms with van der Waals surface area (Å²) in [5.74, 6) is 1.28. The Balaban J connectivity index is 1.59. The van der Waals surface area contributed by atoms with Crippen LogP contribution in [0, 0.1) is 12.8 Å². The average molecular weight is 483 g/mol. The molecule has 0 bridgehead atoms. The van der Waals surface area contributed by atoms with Crippen LogP contribution in [0.4, 0.5) is 5.82 Å². The van der Waals surface area contributed by atoms with Gasteiger partial charge in [-0.2, -0.15) is 0 Å². The topological polar surface area (TPSA) is 57.9 Å². The molecule has 4 heterocycles. The predicted molar refractivity (Wildman–Crippen MR) is 139 cm³/mol. The van der Waals surface area contributed by atoms with E-state index in [0.717, 1.165) is 57.2 Å². The maximum atomic E-state index is 13.7. The fourth-order valence-corrected chi connectivity index (χ4v) is 6.48. The number of aromatic nitrogens is 2. The van der Waals surface area contributed by atoms with E-state index in [1.54, 1.807) is 15.4 Å². The summed E-state index contributed by atoms with van der Waals surface area (Å²) in [7, 11) is 0. The third-order valence-corrected chi connectivity index (χ3v) is 8.44. The van der Waals surface area contributed by atoms with Crippen molar-refractivity contribution in [2.45, 2.75) is 64.8 Å². The monoisotopic (exact) mass is 482 g/mol. The average Bonchev–Trinajstić information content (AvgIpc) is 3.10. The van der Waals surface area contributed by atoms with E-state index < -0.39 is 0 Å². The fraction of sp³-hybridized carbons (Fsp3) is 0.520. The Morgan fingerprint density at radius 2 is 1.82 bits per heavy atom. The molecule has 0 aromatic carbocycles. The van der Waals surface area contributed by atoms with Gasteiger partial charge in [-0.25, -0.2) is 4.98 Å². The van der Waals surface area contributed by atoms with Gasteiger partial charge < -0.3 is 4.90 Å². The van der Waals surface area contributed by atoms with Crippen molar-refractivity contribution >= 4 is 51.7 Å². The first-order valence-corrected chi connectivity index (χ1v) is 13.2. The molecule has 1 aliphatic carbocycles. The maximum Gasteiger partial charge on any atom is 0.267 e. The van der Waals surface area contributed by atoms with Crippen LogP contribution in [0.2, 0.25) is 0 Å². The second-order valence-electron chi connectivity index (χ2n) is 9.60. The third-order valence-electron chi connectivity index (χ3n) is 7.11. The van der Waals surface area contributed by atoms with Gasteiger partial charge >= 0.3 is 0 Å². The zero-order chi connectivity index (χ0) is 23.1. The van der Waals surface area contributed by atoms with Crippen LogP contribution in [0.15, 0.2) is 28.0 Å². The number of hydrogen-bond donors (Lipinski definition) is 0. The molecule has 0 radical (unpaired) electrons. The number of thioether (sulfide) groups is 1. The van der Waals surface area contributed by atoms with Crippen molar-refractivity contribution in [2.24, 2.45) is 5.92 Å². The Labute approximate surface area is 204 Å². The number of carbonyl (C=O) groups is 1. The van der Waals surface area contributed by atoms with Crippen LogP contribution in [0.1, 0.15) is 63.0 Å². The number of piperidine rings is 1. The standard InChI is InChI=1S/C25H30N4O2S2/c1-16-10-12-27(13-11-16)22-19(23(30)28-15-17(2)8-9-21(28)26-22)14-20-24(31)29(25(32)33-20)18-6-4-3-5-7-18/h8-9,14-16,18H,3-7,10-13H2,1-2H3/b20-14-. The van der Waals surface area contributed by atoms with E-state index in [4.69, 9.17) is 17.2 Å². The Morgan fingerprint density at radius 1 is 1.09 bits per heavy atom. The number of thiocarbonyl (C=S) groups is 1. The predicted octanol–water partition coefficient (Wildman–Crippen LogP) is 4.77. The van der Waals surface area contributed by atoms with E-state index in [2.05, 4.69) is 11.8 Å². The van der Waals surface area contributed by atoms with Gasteiger partial charge in [0.25, 0.3) is 11.5 Å². The Hall–Kier alpha value is -2.19. The SMILES string of the molecule is Cc1ccc2nc(N3CCC(C)CC3)c(/C=C3\SC(=S)N(C4CCCCC4)C3=O)c(=O)n2c1. The van der Waals surface area contributed by atoms with Gasteiger partial charge in [0.1, 0.15) is 15.8 Å². The number of hydrogen-bond acceptors (Lipinski definition) is 6.